The van der Waals surface area contributed by atoms with E-state index >= 15 is 0 Å². The minimum Gasteiger partial charge on any atom is -0.463 e. The van der Waals surface area contributed by atoms with Crippen molar-refractivity contribution < 1.29 is 33.3 Å². The predicted molar refractivity (Wildman–Crippen MR) is 104 cm³/mol. The van der Waals surface area contributed by atoms with Gasteiger partial charge in [-0.25, -0.2) is 18.3 Å². The van der Waals surface area contributed by atoms with Crippen LogP contribution in [0, 0.1) is 17.2 Å². The van der Waals surface area contributed by atoms with E-state index in [9.17, 15) is 29.1 Å². The van der Waals surface area contributed by atoms with Crippen LogP contribution in [0.3, 0.4) is 0 Å². The molecule has 12 heteroatoms. The van der Waals surface area contributed by atoms with Crippen LogP contribution in [0.1, 0.15) is 37.8 Å². The van der Waals surface area contributed by atoms with Gasteiger partial charge in [0.2, 0.25) is 11.5 Å². The van der Waals surface area contributed by atoms with Gasteiger partial charge in [-0.15, -0.1) is 0 Å². The molecular formula is C20H23F2N5O5. The summed E-state index contributed by atoms with van der Waals surface area (Å²) in [6.07, 6.45) is -3.28. The van der Waals surface area contributed by atoms with Crippen LogP contribution in [0.15, 0.2) is 18.5 Å². The minimum atomic E-state index is -2.68. The molecule has 0 bridgehead atoms. The summed E-state index contributed by atoms with van der Waals surface area (Å²) < 4.78 is 38.7. The maximum atomic E-state index is 13.3. The first kappa shape index (κ1) is 22.3. The summed E-state index contributed by atoms with van der Waals surface area (Å²) in [6.45, 7) is -0.413. The minimum absolute atomic E-state index is 0.0234. The highest BCUT2D eigenvalue weighted by atomic mass is 19.3. The second-order valence-electron chi connectivity index (χ2n) is 8.29. The van der Waals surface area contributed by atoms with Crippen LogP contribution in [-0.4, -0.2) is 61.6 Å². The number of nitrogen functional groups attached to an aromatic ring is 1. The number of fused-ring (bicyclic) bond motifs is 1. The lowest BCUT2D eigenvalue weighted by Gasteiger charge is -2.27. The number of anilines is 1. The van der Waals surface area contributed by atoms with Crippen LogP contribution in [0.2, 0.25) is 0 Å². The number of alkyl halides is 2. The molecule has 0 unspecified atom stereocenters. The van der Waals surface area contributed by atoms with Crippen LogP contribution in [0.4, 0.5) is 14.6 Å². The van der Waals surface area contributed by atoms with Crippen molar-refractivity contribution in [3.05, 3.63) is 24.2 Å². The van der Waals surface area contributed by atoms with Crippen LogP contribution in [0.25, 0.3) is 5.52 Å². The summed E-state index contributed by atoms with van der Waals surface area (Å²) in [4.78, 5) is 16.0. The van der Waals surface area contributed by atoms with Gasteiger partial charge in [0.1, 0.15) is 42.8 Å². The summed E-state index contributed by atoms with van der Waals surface area (Å²) in [7, 11) is 0. The molecule has 1 aliphatic heterocycles. The summed E-state index contributed by atoms with van der Waals surface area (Å²) in [5.41, 5.74) is 4.34. The lowest BCUT2D eigenvalue weighted by molar-refractivity contribution is -0.152. The molecule has 0 aromatic carbocycles. The highest BCUT2D eigenvalue weighted by molar-refractivity contribution is 5.69. The lowest BCUT2D eigenvalue weighted by atomic mass is 9.85. The number of hydrogen-bond donors (Lipinski definition) is 3. The van der Waals surface area contributed by atoms with E-state index in [0.717, 1.165) is 0 Å². The Balaban J connectivity index is 1.44. The Morgan fingerprint density at radius 2 is 2.09 bits per heavy atom. The molecule has 1 aliphatic carbocycles. The third kappa shape index (κ3) is 3.87. The van der Waals surface area contributed by atoms with Gasteiger partial charge in [-0.05, 0) is 30.9 Å². The summed E-state index contributed by atoms with van der Waals surface area (Å²) in [5, 5.41) is 35.0. The third-order valence-electron chi connectivity index (χ3n) is 6.19. The van der Waals surface area contributed by atoms with Gasteiger partial charge in [-0.3, -0.25) is 4.79 Å². The summed E-state index contributed by atoms with van der Waals surface area (Å²) >= 11 is 0. The number of carbonyl (C=O) groups is 1. The zero-order chi connectivity index (χ0) is 23.1. The Kier molecular flexibility index (Phi) is 5.74. The molecule has 4 atom stereocenters. The number of nitriles is 1. The van der Waals surface area contributed by atoms with E-state index in [-0.39, 0.29) is 49.5 Å². The SMILES string of the molecule is N#C[C@@]1(c2ccc3c(N)ncnn23)O[C@H](COC(=O)CC2CCC(F)(F)CC2)[C@@H](O)[C@H]1O. The highest BCUT2D eigenvalue weighted by Crippen LogP contribution is 2.41. The van der Waals surface area contributed by atoms with Gasteiger partial charge in [0.15, 0.2) is 5.82 Å². The van der Waals surface area contributed by atoms with Crippen molar-refractivity contribution in [3.63, 3.8) is 0 Å². The molecule has 3 heterocycles. The maximum Gasteiger partial charge on any atom is 0.306 e. The van der Waals surface area contributed by atoms with E-state index in [1.807, 2.05) is 6.07 Å². The van der Waals surface area contributed by atoms with Gasteiger partial charge in [-0.2, -0.15) is 10.4 Å². The largest absolute Gasteiger partial charge is 0.463 e. The second kappa shape index (κ2) is 8.23. The van der Waals surface area contributed by atoms with Gasteiger partial charge in [0.25, 0.3) is 0 Å². The fourth-order valence-corrected chi connectivity index (χ4v) is 4.32. The van der Waals surface area contributed by atoms with Gasteiger partial charge in [-0.1, -0.05) is 0 Å². The number of carbonyl (C=O) groups excluding carboxylic acids is 1. The number of aromatic nitrogens is 3. The van der Waals surface area contributed by atoms with Crippen molar-refractivity contribution >= 4 is 17.3 Å². The van der Waals surface area contributed by atoms with Crippen LogP contribution in [0.5, 0.6) is 0 Å². The van der Waals surface area contributed by atoms with E-state index in [1.165, 1.54) is 16.9 Å². The van der Waals surface area contributed by atoms with Crippen molar-refractivity contribution in [2.24, 2.45) is 5.92 Å². The Labute approximate surface area is 181 Å². The number of nitrogens with zero attached hydrogens (tertiary/aromatic N) is 4. The van der Waals surface area contributed by atoms with Crippen molar-refractivity contribution in [2.45, 2.75) is 61.9 Å². The highest BCUT2D eigenvalue weighted by Gasteiger charge is 2.57. The molecule has 0 radical (unpaired) electrons. The molecule has 2 fully saturated rings. The Morgan fingerprint density at radius 1 is 1.38 bits per heavy atom. The number of ether oxygens (including phenoxy) is 2. The average molecular weight is 451 g/mol. The average Bonchev–Trinajstić information content (AvgIpc) is 3.30. The van der Waals surface area contributed by atoms with Crippen molar-refractivity contribution in [3.8, 4) is 6.07 Å². The topological polar surface area (TPSA) is 156 Å². The summed E-state index contributed by atoms with van der Waals surface area (Å²) in [5.74, 6) is -3.35. The standard InChI is InChI=1S/C20H23F2N5O5/c21-19(22)5-3-11(4-6-19)7-15(28)31-8-13-16(29)17(30)20(9-23,32-13)14-2-1-12-18(24)25-10-26-27(12)14/h1-2,10-11,13,16-17,29-30H,3-8H2,(H2,24,25,26)/t13-,16-,17-,20+/m1/s1. The first-order chi connectivity index (χ1) is 15.2. The van der Waals surface area contributed by atoms with Gasteiger partial charge in [0.05, 0.1) is 5.69 Å². The van der Waals surface area contributed by atoms with E-state index < -0.39 is 42.4 Å². The van der Waals surface area contributed by atoms with Crippen LogP contribution in [-0.2, 0) is 19.9 Å². The molecule has 2 aromatic rings. The number of nitrogens with two attached hydrogens (primary N) is 1. The smallest absolute Gasteiger partial charge is 0.306 e. The lowest BCUT2D eigenvalue weighted by Crippen LogP contribution is -2.41. The van der Waals surface area contributed by atoms with Gasteiger partial charge < -0.3 is 25.4 Å². The van der Waals surface area contributed by atoms with Crippen LogP contribution < -0.4 is 5.73 Å². The van der Waals surface area contributed by atoms with E-state index in [1.54, 1.807) is 6.07 Å². The molecule has 4 rings (SSSR count). The molecule has 0 spiro atoms. The predicted octanol–water partition coefficient (Wildman–Crippen LogP) is 0.910. The Hall–Kier alpha value is -2.88. The van der Waals surface area contributed by atoms with Crippen molar-refractivity contribution in [2.75, 3.05) is 12.3 Å². The normalized spacial score (nSPS) is 30.3. The summed E-state index contributed by atoms with van der Waals surface area (Å²) in [6, 6.07) is 4.92. The first-order valence-electron chi connectivity index (χ1n) is 10.2. The Bertz CT molecular complexity index is 1050. The molecule has 2 aromatic heterocycles. The number of esters is 1. The first-order valence-corrected chi connectivity index (χ1v) is 10.2. The molecule has 172 valence electrons. The molecule has 1 saturated heterocycles. The van der Waals surface area contributed by atoms with E-state index in [0.29, 0.717) is 5.52 Å². The zero-order valence-electron chi connectivity index (χ0n) is 17.0. The zero-order valence-corrected chi connectivity index (χ0v) is 17.0. The molecule has 32 heavy (non-hydrogen) atoms. The van der Waals surface area contributed by atoms with E-state index in [4.69, 9.17) is 15.2 Å². The quantitative estimate of drug-likeness (QED) is 0.562. The number of aliphatic hydroxyl groups excluding tert-OH is 2. The van der Waals surface area contributed by atoms with Crippen molar-refractivity contribution in [1.82, 2.24) is 14.6 Å². The fraction of sp³-hybridized carbons (Fsp3) is 0.600. The van der Waals surface area contributed by atoms with E-state index in [2.05, 4.69) is 10.1 Å². The Morgan fingerprint density at radius 3 is 2.78 bits per heavy atom. The molecule has 10 nitrogen and oxygen atoms in total. The molecule has 4 N–H and O–H groups in total. The molecular weight excluding hydrogens is 428 g/mol. The fourth-order valence-electron chi connectivity index (χ4n) is 4.32. The van der Waals surface area contributed by atoms with Crippen molar-refractivity contribution in [1.29, 1.82) is 5.26 Å². The molecule has 0 amide bonds. The van der Waals surface area contributed by atoms with Crippen LogP contribution >= 0.6 is 0 Å². The monoisotopic (exact) mass is 451 g/mol. The number of halogens is 2. The molecule has 2 aliphatic rings. The number of aliphatic hydroxyl groups is 2. The maximum absolute atomic E-state index is 13.3. The number of rotatable bonds is 5. The molecule has 1 saturated carbocycles. The second-order valence-corrected chi connectivity index (χ2v) is 8.29. The number of hydrogen-bond acceptors (Lipinski definition) is 9. The third-order valence-corrected chi connectivity index (χ3v) is 6.19. The van der Waals surface area contributed by atoms with Gasteiger partial charge in [0, 0.05) is 19.3 Å². The van der Waals surface area contributed by atoms with Gasteiger partial charge >= 0.3 is 5.97 Å².